The molecule has 7 nitrogen and oxygen atoms in total. The maximum Gasteiger partial charge on any atom is 0.411 e. The Morgan fingerprint density at radius 1 is 0.967 bits per heavy atom. The van der Waals surface area contributed by atoms with E-state index in [1.807, 2.05) is 30.3 Å². The molecule has 0 unspecified atom stereocenters. The van der Waals surface area contributed by atoms with E-state index in [-0.39, 0.29) is 17.9 Å². The molecule has 0 atom stereocenters. The Balaban J connectivity index is 1.50. The number of aromatic nitrogens is 2. The lowest BCUT2D eigenvalue weighted by atomic mass is 10.1. The minimum atomic E-state index is -4.39. The molecule has 1 aromatic heterocycles. The molecule has 3 N–H and O–H groups in total. The van der Waals surface area contributed by atoms with Crippen LogP contribution in [0.25, 0.3) is 11.3 Å². The van der Waals surface area contributed by atoms with Gasteiger partial charge in [-0.15, -0.1) is 0 Å². The molecule has 2 amide bonds. The monoisotopic (exact) mass is 418 g/mol. The highest BCUT2D eigenvalue weighted by Crippen LogP contribution is 2.17. The molecule has 3 aromatic rings. The van der Waals surface area contributed by atoms with E-state index >= 15 is 0 Å². The van der Waals surface area contributed by atoms with E-state index in [0.717, 1.165) is 5.56 Å². The molecule has 156 valence electrons. The predicted octanol–water partition coefficient (Wildman–Crippen LogP) is 3.23. The van der Waals surface area contributed by atoms with Crippen molar-refractivity contribution in [3.8, 4) is 11.3 Å². The van der Waals surface area contributed by atoms with Gasteiger partial charge in [0.2, 0.25) is 0 Å². The fourth-order valence-electron chi connectivity index (χ4n) is 2.48. The summed E-state index contributed by atoms with van der Waals surface area (Å²) in [7, 11) is 0. The van der Waals surface area contributed by atoms with Gasteiger partial charge in [0.1, 0.15) is 12.3 Å². The van der Waals surface area contributed by atoms with Gasteiger partial charge >= 0.3 is 6.18 Å². The van der Waals surface area contributed by atoms with E-state index in [9.17, 15) is 22.8 Å². The number of hydrogen-bond donors (Lipinski definition) is 3. The van der Waals surface area contributed by atoms with Gasteiger partial charge in [0, 0.05) is 11.1 Å². The van der Waals surface area contributed by atoms with Crippen LogP contribution in [0, 0.1) is 0 Å². The normalized spacial score (nSPS) is 11.2. The maximum atomic E-state index is 12.2. The topological polar surface area (TPSA) is 96.1 Å². The standard InChI is InChI=1S/C20H17F3N4O3/c21-20(22,23)12-30-11-13-6-8-15(9-7-13)18(28)26-27-19(29)17-10-16(24-25-17)14-4-2-1-3-5-14/h1-10H,11-12H2,(H,24,25)(H,26,28)(H,27,29). The number of aromatic amines is 1. The van der Waals surface area contributed by atoms with Crippen molar-refractivity contribution >= 4 is 11.8 Å². The van der Waals surface area contributed by atoms with Crippen LogP contribution in [0.1, 0.15) is 26.4 Å². The number of alkyl halides is 3. The molecule has 2 aromatic carbocycles. The van der Waals surface area contributed by atoms with Gasteiger partial charge in [0.15, 0.2) is 0 Å². The zero-order valence-corrected chi connectivity index (χ0v) is 15.5. The van der Waals surface area contributed by atoms with Gasteiger partial charge in [-0.1, -0.05) is 42.5 Å². The molecule has 0 saturated carbocycles. The van der Waals surface area contributed by atoms with Crippen molar-refractivity contribution in [2.24, 2.45) is 0 Å². The lowest BCUT2D eigenvalue weighted by molar-refractivity contribution is -0.176. The first-order valence-corrected chi connectivity index (χ1v) is 8.77. The van der Waals surface area contributed by atoms with Gasteiger partial charge in [0.25, 0.3) is 11.8 Å². The van der Waals surface area contributed by atoms with E-state index in [1.54, 1.807) is 6.07 Å². The van der Waals surface area contributed by atoms with Crippen LogP contribution in [0.3, 0.4) is 0 Å². The molecule has 0 aliphatic rings. The van der Waals surface area contributed by atoms with Gasteiger partial charge in [-0.2, -0.15) is 18.3 Å². The van der Waals surface area contributed by atoms with Crippen LogP contribution in [0.15, 0.2) is 60.7 Å². The molecule has 0 fully saturated rings. The van der Waals surface area contributed by atoms with Crippen molar-refractivity contribution < 1.29 is 27.5 Å². The number of carbonyl (C=O) groups is 2. The summed E-state index contributed by atoms with van der Waals surface area (Å²) in [4.78, 5) is 24.3. The molecular formula is C20H17F3N4O3. The summed E-state index contributed by atoms with van der Waals surface area (Å²) >= 11 is 0. The van der Waals surface area contributed by atoms with Crippen molar-refractivity contribution in [1.82, 2.24) is 21.0 Å². The highest BCUT2D eigenvalue weighted by molar-refractivity contribution is 5.98. The van der Waals surface area contributed by atoms with Crippen LogP contribution >= 0.6 is 0 Å². The summed E-state index contributed by atoms with van der Waals surface area (Å²) in [6.45, 7) is -1.58. The molecule has 3 rings (SSSR count). The highest BCUT2D eigenvalue weighted by Gasteiger charge is 2.27. The van der Waals surface area contributed by atoms with Crippen molar-refractivity contribution in [2.45, 2.75) is 12.8 Å². The number of H-pyrrole nitrogens is 1. The molecule has 0 radical (unpaired) electrons. The van der Waals surface area contributed by atoms with Crippen molar-refractivity contribution in [1.29, 1.82) is 0 Å². The molecule has 10 heteroatoms. The molecule has 1 heterocycles. The van der Waals surface area contributed by atoms with Crippen molar-refractivity contribution in [3.63, 3.8) is 0 Å². The smallest absolute Gasteiger partial charge is 0.367 e. The van der Waals surface area contributed by atoms with Gasteiger partial charge < -0.3 is 4.74 Å². The fraction of sp³-hybridized carbons (Fsp3) is 0.150. The zero-order chi connectivity index (χ0) is 21.6. The zero-order valence-electron chi connectivity index (χ0n) is 15.5. The maximum absolute atomic E-state index is 12.2. The average Bonchev–Trinajstić information content (AvgIpc) is 3.22. The van der Waals surface area contributed by atoms with Crippen LogP contribution in [0.2, 0.25) is 0 Å². The van der Waals surface area contributed by atoms with Gasteiger partial charge in [0.05, 0.1) is 12.3 Å². The van der Waals surface area contributed by atoms with Crippen molar-refractivity contribution in [2.75, 3.05) is 6.61 Å². The number of rotatable bonds is 6. The summed E-state index contributed by atoms with van der Waals surface area (Å²) in [5.41, 5.74) is 6.79. The van der Waals surface area contributed by atoms with E-state index in [2.05, 4.69) is 25.8 Å². The lowest BCUT2D eigenvalue weighted by Gasteiger charge is -2.09. The first-order chi connectivity index (χ1) is 14.3. The number of hydrazine groups is 1. The summed E-state index contributed by atoms with van der Waals surface area (Å²) in [6.07, 6.45) is -4.39. The van der Waals surface area contributed by atoms with Gasteiger partial charge in [-0.05, 0) is 23.8 Å². The van der Waals surface area contributed by atoms with Gasteiger partial charge in [-0.3, -0.25) is 25.5 Å². The van der Waals surface area contributed by atoms with Crippen molar-refractivity contribution in [3.05, 3.63) is 77.5 Å². The number of carbonyl (C=O) groups excluding carboxylic acids is 2. The van der Waals surface area contributed by atoms with E-state index in [0.29, 0.717) is 11.3 Å². The van der Waals surface area contributed by atoms with Gasteiger partial charge in [-0.25, -0.2) is 0 Å². The largest absolute Gasteiger partial charge is 0.411 e. The lowest BCUT2D eigenvalue weighted by Crippen LogP contribution is -2.41. The second-order valence-corrected chi connectivity index (χ2v) is 6.25. The molecular weight excluding hydrogens is 401 g/mol. The Bertz CT molecular complexity index is 1000. The van der Waals surface area contributed by atoms with E-state index in [1.165, 1.54) is 24.3 Å². The molecule has 0 saturated heterocycles. The number of hydrogen-bond acceptors (Lipinski definition) is 4. The first kappa shape index (κ1) is 21.1. The summed E-state index contributed by atoms with van der Waals surface area (Å²) in [5, 5.41) is 6.66. The predicted molar refractivity (Wildman–Crippen MR) is 101 cm³/mol. The summed E-state index contributed by atoms with van der Waals surface area (Å²) in [5.74, 6) is -1.18. The fourth-order valence-corrected chi connectivity index (χ4v) is 2.48. The third-order valence-electron chi connectivity index (χ3n) is 3.93. The minimum absolute atomic E-state index is 0.159. The molecule has 0 aliphatic heterocycles. The first-order valence-electron chi connectivity index (χ1n) is 8.77. The summed E-state index contributed by atoms with van der Waals surface area (Å²) in [6, 6.07) is 16.6. The Hall–Kier alpha value is -3.66. The van der Waals surface area contributed by atoms with Crippen LogP contribution in [0.5, 0.6) is 0 Å². The second kappa shape index (κ2) is 9.23. The minimum Gasteiger partial charge on any atom is -0.367 e. The molecule has 30 heavy (non-hydrogen) atoms. The van der Waals surface area contributed by atoms with E-state index in [4.69, 9.17) is 0 Å². The van der Waals surface area contributed by atoms with Crippen LogP contribution in [-0.4, -0.2) is 34.8 Å². The highest BCUT2D eigenvalue weighted by atomic mass is 19.4. The number of benzene rings is 2. The number of halogens is 3. The Labute approximate surface area is 169 Å². The Kier molecular flexibility index (Phi) is 6.48. The Morgan fingerprint density at radius 2 is 1.63 bits per heavy atom. The van der Waals surface area contributed by atoms with Crippen LogP contribution < -0.4 is 10.9 Å². The third-order valence-corrected chi connectivity index (χ3v) is 3.93. The average molecular weight is 418 g/mol. The number of nitrogens with one attached hydrogen (secondary N) is 3. The quantitative estimate of drug-likeness (QED) is 0.536. The molecule has 0 aliphatic carbocycles. The summed E-state index contributed by atoms with van der Waals surface area (Å²) < 4.78 is 40.8. The number of amides is 2. The second-order valence-electron chi connectivity index (χ2n) is 6.25. The molecule has 0 spiro atoms. The number of ether oxygens (including phenoxy) is 1. The van der Waals surface area contributed by atoms with E-state index < -0.39 is 24.6 Å². The SMILES string of the molecule is O=C(NNC(=O)c1cc(-c2ccccc2)n[nH]1)c1ccc(COCC(F)(F)F)cc1. The third kappa shape index (κ3) is 5.92. The Morgan fingerprint density at radius 3 is 2.30 bits per heavy atom. The number of nitrogens with zero attached hydrogens (tertiary/aromatic N) is 1. The van der Waals surface area contributed by atoms with Crippen LogP contribution in [0.4, 0.5) is 13.2 Å². The molecule has 0 bridgehead atoms. The van der Waals surface area contributed by atoms with Crippen LogP contribution in [-0.2, 0) is 11.3 Å².